The lowest BCUT2D eigenvalue weighted by atomic mass is 10.2. The molecule has 2 atom stereocenters. The van der Waals surface area contributed by atoms with Crippen LogP contribution in [0.2, 0.25) is 0 Å². The van der Waals surface area contributed by atoms with Crippen molar-refractivity contribution in [2.75, 3.05) is 25.6 Å². The molecule has 21 heavy (non-hydrogen) atoms. The first-order valence-corrected chi connectivity index (χ1v) is 7.61. The van der Waals surface area contributed by atoms with Crippen molar-refractivity contribution in [3.05, 3.63) is 24.3 Å². The highest BCUT2D eigenvalue weighted by molar-refractivity contribution is 5.89. The highest BCUT2D eigenvalue weighted by atomic mass is 16.5. The van der Waals surface area contributed by atoms with Gasteiger partial charge in [-0.3, -0.25) is 0 Å². The van der Waals surface area contributed by atoms with Crippen LogP contribution >= 0.6 is 0 Å². The van der Waals surface area contributed by atoms with Gasteiger partial charge in [0.15, 0.2) is 0 Å². The highest BCUT2D eigenvalue weighted by Gasteiger charge is 2.36. The van der Waals surface area contributed by atoms with Crippen LogP contribution < -0.4 is 10.1 Å². The molecule has 2 amide bonds. The van der Waals surface area contributed by atoms with Gasteiger partial charge in [0.1, 0.15) is 5.75 Å². The van der Waals surface area contributed by atoms with Gasteiger partial charge in [0.05, 0.1) is 19.3 Å². The van der Waals surface area contributed by atoms with Crippen molar-refractivity contribution < 1.29 is 14.3 Å². The van der Waals surface area contributed by atoms with E-state index >= 15 is 0 Å². The maximum Gasteiger partial charge on any atom is 0.322 e. The zero-order valence-electron chi connectivity index (χ0n) is 12.4. The van der Waals surface area contributed by atoms with Crippen molar-refractivity contribution in [2.45, 2.75) is 37.8 Å². The number of urea groups is 1. The van der Waals surface area contributed by atoms with E-state index in [9.17, 15) is 4.79 Å². The number of fused-ring (bicyclic) bond motifs is 1. The number of carbonyl (C=O) groups excluding carboxylic acids is 1. The third-order valence-corrected chi connectivity index (χ3v) is 4.30. The molecule has 1 aliphatic carbocycles. The number of hydrogen-bond donors (Lipinski definition) is 1. The van der Waals surface area contributed by atoms with Crippen molar-refractivity contribution in [2.24, 2.45) is 0 Å². The quantitative estimate of drug-likeness (QED) is 0.911. The summed E-state index contributed by atoms with van der Waals surface area (Å²) >= 11 is 0. The van der Waals surface area contributed by atoms with Crippen LogP contribution in [0, 0.1) is 0 Å². The molecule has 3 rings (SSSR count). The molecular weight excluding hydrogens is 268 g/mol. The summed E-state index contributed by atoms with van der Waals surface area (Å²) in [7, 11) is 1.63. The topological polar surface area (TPSA) is 50.8 Å². The Bertz CT molecular complexity index is 489. The number of amides is 2. The summed E-state index contributed by atoms with van der Waals surface area (Å²) in [6.45, 7) is 1.52. The molecule has 1 aromatic rings. The van der Waals surface area contributed by atoms with E-state index in [0.29, 0.717) is 0 Å². The van der Waals surface area contributed by atoms with Crippen molar-refractivity contribution in [3.8, 4) is 5.75 Å². The normalized spacial score (nSPS) is 25.1. The van der Waals surface area contributed by atoms with Crippen LogP contribution in [0.25, 0.3) is 0 Å². The fourth-order valence-corrected chi connectivity index (χ4v) is 3.21. The Kier molecular flexibility index (Phi) is 4.29. The highest BCUT2D eigenvalue weighted by Crippen LogP contribution is 2.29. The molecule has 1 saturated heterocycles. The molecule has 1 N–H and O–H groups in total. The number of rotatable bonds is 2. The minimum atomic E-state index is -0.0254. The Morgan fingerprint density at radius 2 is 2.10 bits per heavy atom. The van der Waals surface area contributed by atoms with Gasteiger partial charge in [0.25, 0.3) is 0 Å². The van der Waals surface area contributed by atoms with E-state index in [2.05, 4.69) is 5.32 Å². The summed E-state index contributed by atoms with van der Waals surface area (Å²) in [6.07, 6.45) is 4.37. The second kappa shape index (κ2) is 6.35. The van der Waals surface area contributed by atoms with Gasteiger partial charge in [-0.1, -0.05) is 0 Å². The van der Waals surface area contributed by atoms with Crippen LogP contribution in [-0.2, 0) is 4.74 Å². The van der Waals surface area contributed by atoms with Crippen LogP contribution in [0.15, 0.2) is 24.3 Å². The smallest absolute Gasteiger partial charge is 0.322 e. The lowest BCUT2D eigenvalue weighted by molar-refractivity contribution is 0.0413. The Morgan fingerprint density at radius 1 is 1.29 bits per heavy atom. The van der Waals surface area contributed by atoms with Gasteiger partial charge in [-0.25, -0.2) is 4.79 Å². The zero-order valence-corrected chi connectivity index (χ0v) is 12.4. The molecule has 0 unspecified atom stereocenters. The molecule has 1 aromatic carbocycles. The monoisotopic (exact) mass is 290 g/mol. The SMILES string of the molecule is COc1ccc(NC(=O)N2CCCO[C@@H]3CCC[C@H]32)cc1. The summed E-state index contributed by atoms with van der Waals surface area (Å²) in [4.78, 5) is 14.5. The second-order valence-corrected chi connectivity index (χ2v) is 5.61. The number of hydrogen-bond acceptors (Lipinski definition) is 3. The minimum absolute atomic E-state index is 0.0254. The molecule has 0 radical (unpaired) electrons. The number of ether oxygens (including phenoxy) is 2. The molecule has 2 fully saturated rings. The van der Waals surface area contributed by atoms with E-state index in [4.69, 9.17) is 9.47 Å². The van der Waals surface area contributed by atoms with E-state index in [1.807, 2.05) is 29.2 Å². The lowest BCUT2D eigenvalue weighted by Crippen LogP contribution is -2.45. The molecule has 1 heterocycles. The molecule has 114 valence electrons. The molecular formula is C16H22N2O3. The molecule has 0 bridgehead atoms. The maximum absolute atomic E-state index is 12.5. The first kappa shape index (κ1) is 14.2. The summed E-state index contributed by atoms with van der Waals surface area (Å²) in [6, 6.07) is 7.61. The second-order valence-electron chi connectivity index (χ2n) is 5.61. The minimum Gasteiger partial charge on any atom is -0.497 e. The summed E-state index contributed by atoms with van der Waals surface area (Å²) in [5.41, 5.74) is 0.792. The maximum atomic E-state index is 12.5. The van der Waals surface area contributed by atoms with Crippen LogP contribution in [0.3, 0.4) is 0 Å². The van der Waals surface area contributed by atoms with Crippen LogP contribution in [0.4, 0.5) is 10.5 Å². The van der Waals surface area contributed by atoms with Crippen molar-refractivity contribution >= 4 is 11.7 Å². The lowest BCUT2D eigenvalue weighted by Gasteiger charge is -2.30. The summed E-state index contributed by atoms with van der Waals surface area (Å²) in [5, 5.41) is 2.98. The van der Waals surface area contributed by atoms with E-state index < -0.39 is 0 Å². The molecule has 0 spiro atoms. The van der Waals surface area contributed by atoms with Crippen molar-refractivity contribution in [1.82, 2.24) is 4.90 Å². The van der Waals surface area contributed by atoms with Crippen LogP contribution in [-0.4, -0.2) is 43.3 Å². The molecule has 2 aliphatic rings. The molecule has 1 saturated carbocycles. The van der Waals surface area contributed by atoms with Gasteiger partial charge in [0, 0.05) is 18.8 Å². The van der Waals surface area contributed by atoms with Crippen LogP contribution in [0.5, 0.6) is 5.75 Å². The van der Waals surface area contributed by atoms with Gasteiger partial charge < -0.3 is 19.7 Å². The van der Waals surface area contributed by atoms with E-state index in [-0.39, 0.29) is 18.2 Å². The molecule has 5 heteroatoms. The number of nitrogens with zero attached hydrogens (tertiary/aromatic N) is 1. The Hall–Kier alpha value is -1.75. The van der Waals surface area contributed by atoms with Gasteiger partial charge in [-0.15, -0.1) is 0 Å². The summed E-state index contributed by atoms with van der Waals surface area (Å²) < 4.78 is 11.0. The number of carbonyl (C=O) groups is 1. The molecule has 5 nitrogen and oxygen atoms in total. The Labute approximate surface area is 125 Å². The predicted octanol–water partition coefficient (Wildman–Crippen LogP) is 2.87. The zero-order chi connectivity index (χ0) is 14.7. The molecule has 1 aliphatic heterocycles. The van der Waals surface area contributed by atoms with Gasteiger partial charge >= 0.3 is 6.03 Å². The van der Waals surface area contributed by atoms with Gasteiger partial charge in [0.2, 0.25) is 0 Å². The fraction of sp³-hybridized carbons (Fsp3) is 0.562. The Balaban J connectivity index is 1.68. The van der Waals surface area contributed by atoms with E-state index in [1.54, 1.807) is 7.11 Å². The van der Waals surface area contributed by atoms with Gasteiger partial charge in [-0.2, -0.15) is 0 Å². The average Bonchev–Trinajstić information content (AvgIpc) is 2.87. The third kappa shape index (κ3) is 3.13. The van der Waals surface area contributed by atoms with E-state index in [1.165, 1.54) is 0 Å². The van der Waals surface area contributed by atoms with Gasteiger partial charge in [-0.05, 0) is 49.9 Å². The van der Waals surface area contributed by atoms with Crippen molar-refractivity contribution in [1.29, 1.82) is 0 Å². The largest absolute Gasteiger partial charge is 0.497 e. The van der Waals surface area contributed by atoms with Crippen LogP contribution in [0.1, 0.15) is 25.7 Å². The van der Waals surface area contributed by atoms with Crippen molar-refractivity contribution in [3.63, 3.8) is 0 Å². The Morgan fingerprint density at radius 3 is 2.86 bits per heavy atom. The van der Waals surface area contributed by atoms with E-state index in [0.717, 1.165) is 50.3 Å². The first-order chi connectivity index (χ1) is 10.3. The average molecular weight is 290 g/mol. The predicted molar refractivity (Wildman–Crippen MR) is 80.7 cm³/mol. The number of anilines is 1. The summed E-state index contributed by atoms with van der Waals surface area (Å²) in [5.74, 6) is 0.784. The molecule has 0 aromatic heterocycles. The fourth-order valence-electron chi connectivity index (χ4n) is 3.21. The number of benzene rings is 1. The standard InChI is InChI=1S/C16H22N2O3/c1-20-13-8-6-12(7-9-13)17-16(19)18-10-3-11-21-15-5-2-4-14(15)18/h6-9,14-15H,2-5,10-11H2,1H3,(H,17,19)/t14-,15-/m1/s1. The number of nitrogens with one attached hydrogen (secondary N) is 1. The number of methoxy groups -OCH3 is 1. The third-order valence-electron chi connectivity index (χ3n) is 4.30. The first-order valence-electron chi connectivity index (χ1n) is 7.61.